The zero-order chi connectivity index (χ0) is 13.1. The molecule has 0 unspecified atom stereocenters. The molecule has 0 atom stereocenters. The highest BCUT2D eigenvalue weighted by atomic mass is 16.5. The van der Waals surface area contributed by atoms with Gasteiger partial charge in [-0.05, 0) is 30.2 Å². The van der Waals surface area contributed by atoms with Crippen molar-refractivity contribution < 1.29 is 14.6 Å². The molecule has 0 radical (unpaired) electrons. The molecule has 0 fully saturated rings. The Labute approximate surface area is 105 Å². The summed E-state index contributed by atoms with van der Waals surface area (Å²) in [6.07, 6.45) is 1.60. The van der Waals surface area contributed by atoms with Crippen LogP contribution in [0.1, 0.15) is 15.9 Å². The topological polar surface area (TPSA) is 59.4 Å². The van der Waals surface area contributed by atoms with Crippen LogP contribution in [0.3, 0.4) is 0 Å². The molecule has 0 aliphatic heterocycles. The minimum atomic E-state index is -0.944. The third-order valence-corrected chi connectivity index (χ3v) is 2.66. The summed E-state index contributed by atoms with van der Waals surface area (Å²) in [5.74, 6) is -0.480. The van der Waals surface area contributed by atoms with Crippen molar-refractivity contribution in [3.05, 3.63) is 47.7 Å². The molecule has 2 aromatic rings. The van der Waals surface area contributed by atoms with E-state index >= 15 is 0 Å². The monoisotopic (exact) mass is 243 g/mol. The summed E-state index contributed by atoms with van der Waals surface area (Å²) < 4.78 is 5.05. The molecule has 0 saturated carbocycles. The van der Waals surface area contributed by atoms with Crippen molar-refractivity contribution in [3.8, 4) is 17.0 Å². The molecule has 0 bridgehead atoms. The van der Waals surface area contributed by atoms with E-state index in [2.05, 4.69) is 4.98 Å². The fraction of sp³-hybridized carbons (Fsp3) is 0.143. The van der Waals surface area contributed by atoms with Crippen LogP contribution in [-0.4, -0.2) is 23.2 Å². The van der Waals surface area contributed by atoms with Crippen molar-refractivity contribution in [2.24, 2.45) is 0 Å². The lowest BCUT2D eigenvalue weighted by molar-refractivity contribution is 0.0697. The molecule has 4 heteroatoms. The second-order valence-corrected chi connectivity index (χ2v) is 3.94. The molecule has 0 saturated heterocycles. The first-order chi connectivity index (χ1) is 8.61. The normalized spacial score (nSPS) is 10.1. The lowest BCUT2D eigenvalue weighted by Crippen LogP contribution is -2.00. The summed E-state index contributed by atoms with van der Waals surface area (Å²) in [4.78, 5) is 15.2. The van der Waals surface area contributed by atoms with Gasteiger partial charge in [-0.2, -0.15) is 0 Å². The van der Waals surface area contributed by atoms with Gasteiger partial charge in [0.15, 0.2) is 0 Å². The zero-order valence-corrected chi connectivity index (χ0v) is 10.2. The number of carboxylic acid groups (broad SMARTS) is 1. The summed E-state index contributed by atoms with van der Waals surface area (Å²) >= 11 is 0. The molecular weight excluding hydrogens is 230 g/mol. The quantitative estimate of drug-likeness (QED) is 0.900. The van der Waals surface area contributed by atoms with Crippen LogP contribution >= 0.6 is 0 Å². The summed E-state index contributed by atoms with van der Waals surface area (Å²) in [5.41, 5.74) is 2.73. The number of hydrogen-bond acceptors (Lipinski definition) is 3. The number of aromatic nitrogens is 1. The van der Waals surface area contributed by atoms with Gasteiger partial charge >= 0.3 is 5.97 Å². The molecule has 4 nitrogen and oxygen atoms in total. The summed E-state index contributed by atoms with van der Waals surface area (Å²) in [6, 6.07) is 8.73. The number of rotatable bonds is 3. The lowest BCUT2D eigenvalue weighted by atomic mass is 9.98. The average molecular weight is 243 g/mol. The molecule has 92 valence electrons. The number of benzene rings is 1. The number of aromatic carboxylic acids is 1. The van der Waals surface area contributed by atoms with Crippen LogP contribution in [0.4, 0.5) is 0 Å². The SMILES string of the molecule is COc1cc(-c2cc(C)ccc2C(=O)O)ccn1. The Morgan fingerprint density at radius 1 is 1.28 bits per heavy atom. The van der Waals surface area contributed by atoms with Gasteiger partial charge in [-0.25, -0.2) is 9.78 Å². The third-order valence-electron chi connectivity index (χ3n) is 2.66. The number of carboxylic acids is 1. The van der Waals surface area contributed by atoms with Crippen LogP contribution in [0, 0.1) is 6.92 Å². The van der Waals surface area contributed by atoms with Gasteiger partial charge in [0, 0.05) is 12.3 Å². The fourth-order valence-corrected chi connectivity index (χ4v) is 1.77. The first kappa shape index (κ1) is 12.1. The van der Waals surface area contributed by atoms with Gasteiger partial charge < -0.3 is 9.84 Å². The number of nitrogens with zero attached hydrogens (tertiary/aromatic N) is 1. The molecule has 1 N–H and O–H groups in total. The molecule has 0 aliphatic carbocycles. The van der Waals surface area contributed by atoms with Crippen molar-refractivity contribution in [3.63, 3.8) is 0 Å². The molecular formula is C14H13NO3. The number of methoxy groups -OCH3 is 1. The number of ether oxygens (including phenoxy) is 1. The molecule has 0 spiro atoms. The predicted molar refractivity (Wildman–Crippen MR) is 67.9 cm³/mol. The number of hydrogen-bond donors (Lipinski definition) is 1. The van der Waals surface area contributed by atoms with E-state index in [0.717, 1.165) is 11.1 Å². The van der Waals surface area contributed by atoms with Crippen molar-refractivity contribution in [1.29, 1.82) is 0 Å². The Bertz CT molecular complexity index is 593. The minimum absolute atomic E-state index is 0.272. The van der Waals surface area contributed by atoms with Gasteiger partial charge in [0.2, 0.25) is 5.88 Å². The van der Waals surface area contributed by atoms with Crippen molar-refractivity contribution in [2.75, 3.05) is 7.11 Å². The molecule has 2 rings (SSSR count). The molecule has 1 aromatic heterocycles. The first-order valence-corrected chi connectivity index (χ1v) is 5.46. The van der Waals surface area contributed by atoms with Crippen LogP contribution in [-0.2, 0) is 0 Å². The van der Waals surface area contributed by atoms with E-state index in [1.54, 1.807) is 30.5 Å². The maximum atomic E-state index is 11.2. The van der Waals surface area contributed by atoms with Crippen molar-refractivity contribution in [2.45, 2.75) is 6.92 Å². The van der Waals surface area contributed by atoms with Crippen molar-refractivity contribution >= 4 is 5.97 Å². The van der Waals surface area contributed by atoms with Gasteiger partial charge in [-0.15, -0.1) is 0 Å². The van der Waals surface area contributed by atoms with Gasteiger partial charge in [0.25, 0.3) is 0 Å². The van der Waals surface area contributed by atoms with Crippen LogP contribution in [0.25, 0.3) is 11.1 Å². The summed E-state index contributed by atoms with van der Waals surface area (Å²) in [6.45, 7) is 1.92. The number of pyridine rings is 1. The average Bonchev–Trinajstić information content (AvgIpc) is 2.38. The highest BCUT2D eigenvalue weighted by Crippen LogP contribution is 2.26. The van der Waals surface area contributed by atoms with Crippen LogP contribution in [0.15, 0.2) is 36.5 Å². The fourth-order valence-electron chi connectivity index (χ4n) is 1.77. The van der Waals surface area contributed by atoms with Gasteiger partial charge in [0.1, 0.15) is 0 Å². The van der Waals surface area contributed by atoms with E-state index in [9.17, 15) is 9.90 Å². The third kappa shape index (κ3) is 2.32. The number of carbonyl (C=O) groups is 1. The maximum absolute atomic E-state index is 11.2. The Balaban J connectivity index is 2.61. The largest absolute Gasteiger partial charge is 0.481 e. The second-order valence-electron chi connectivity index (χ2n) is 3.94. The minimum Gasteiger partial charge on any atom is -0.481 e. The van der Waals surface area contributed by atoms with Gasteiger partial charge in [-0.3, -0.25) is 0 Å². The van der Waals surface area contributed by atoms with E-state index in [-0.39, 0.29) is 5.56 Å². The highest BCUT2D eigenvalue weighted by molar-refractivity contribution is 5.96. The van der Waals surface area contributed by atoms with E-state index < -0.39 is 5.97 Å². The molecule has 1 heterocycles. The Kier molecular flexibility index (Phi) is 3.28. The highest BCUT2D eigenvalue weighted by Gasteiger charge is 2.12. The van der Waals surface area contributed by atoms with Crippen LogP contribution in [0.2, 0.25) is 0 Å². The second kappa shape index (κ2) is 4.87. The van der Waals surface area contributed by atoms with Crippen molar-refractivity contribution in [1.82, 2.24) is 4.98 Å². The van der Waals surface area contributed by atoms with E-state index in [4.69, 9.17) is 4.74 Å². The first-order valence-electron chi connectivity index (χ1n) is 5.46. The molecule has 0 amide bonds. The zero-order valence-electron chi connectivity index (χ0n) is 10.2. The smallest absolute Gasteiger partial charge is 0.336 e. The lowest BCUT2D eigenvalue weighted by Gasteiger charge is -2.08. The summed E-state index contributed by atoms with van der Waals surface area (Å²) in [5, 5.41) is 9.20. The van der Waals surface area contributed by atoms with E-state index in [1.165, 1.54) is 7.11 Å². The van der Waals surface area contributed by atoms with Crippen LogP contribution < -0.4 is 4.74 Å². The Morgan fingerprint density at radius 3 is 2.72 bits per heavy atom. The van der Waals surface area contributed by atoms with Crippen LogP contribution in [0.5, 0.6) is 5.88 Å². The molecule has 0 aliphatic rings. The van der Waals surface area contributed by atoms with E-state index in [1.807, 2.05) is 13.0 Å². The standard InChI is InChI=1S/C14H13NO3/c1-9-3-4-11(14(16)17)12(7-9)10-5-6-15-13(8-10)18-2/h3-8H,1-2H3,(H,16,17). The Hall–Kier alpha value is -2.36. The molecule has 1 aromatic carbocycles. The maximum Gasteiger partial charge on any atom is 0.336 e. The summed E-state index contributed by atoms with van der Waals surface area (Å²) in [7, 11) is 1.53. The van der Waals surface area contributed by atoms with Gasteiger partial charge in [-0.1, -0.05) is 17.7 Å². The molecule has 18 heavy (non-hydrogen) atoms. The van der Waals surface area contributed by atoms with Gasteiger partial charge in [0.05, 0.1) is 12.7 Å². The number of aryl methyl sites for hydroxylation is 1. The Morgan fingerprint density at radius 2 is 2.06 bits per heavy atom. The van der Waals surface area contributed by atoms with E-state index in [0.29, 0.717) is 11.4 Å². The predicted octanol–water partition coefficient (Wildman–Crippen LogP) is 2.76.